The number of nitrogens with two attached hydrogens (primary N) is 1. The minimum atomic E-state index is -4.74. The number of rotatable bonds is 7. The SMILES string of the molecule is C[C@@H](C1CC1)N1Cc2cc(-c3ccn4nc(N)c(C(=O)NCCC(C)(C)O)c4n3)cc(C(F)(F)F)c2C1=O. The fourth-order valence-corrected chi connectivity index (χ4v) is 4.91. The van der Waals surface area contributed by atoms with Gasteiger partial charge in [-0.25, -0.2) is 9.50 Å². The third kappa shape index (κ3) is 4.80. The third-order valence-corrected chi connectivity index (χ3v) is 7.19. The first kappa shape index (κ1) is 26.0. The number of hydrogen-bond donors (Lipinski definition) is 3. The Labute approximate surface area is 216 Å². The number of amides is 2. The molecule has 0 spiro atoms. The molecule has 0 saturated heterocycles. The number of fused-ring (bicyclic) bond motifs is 2. The Hall–Kier alpha value is -3.67. The van der Waals surface area contributed by atoms with Gasteiger partial charge in [-0.05, 0) is 69.7 Å². The van der Waals surface area contributed by atoms with Crippen LogP contribution in [-0.2, 0) is 12.7 Å². The van der Waals surface area contributed by atoms with Crippen molar-refractivity contribution in [3.05, 3.63) is 46.6 Å². The summed E-state index contributed by atoms with van der Waals surface area (Å²) in [6.07, 6.45) is -1.06. The second-order valence-corrected chi connectivity index (χ2v) is 10.7. The number of carbonyl (C=O) groups is 2. The number of nitrogens with one attached hydrogen (secondary N) is 1. The van der Waals surface area contributed by atoms with Crippen LogP contribution in [0.25, 0.3) is 16.9 Å². The summed E-state index contributed by atoms with van der Waals surface area (Å²) in [7, 11) is 0. The van der Waals surface area contributed by atoms with E-state index in [0.29, 0.717) is 17.9 Å². The first-order valence-electron chi connectivity index (χ1n) is 12.5. The maximum Gasteiger partial charge on any atom is 0.417 e. The van der Waals surface area contributed by atoms with Crippen molar-refractivity contribution < 1.29 is 27.9 Å². The van der Waals surface area contributed by atoms with Crippen LogP contribution in [-0.4, -0.2) is 54.6 Å². The van der Waals surface area contributed by atoms with Crippen molar-refractivity contribution in [3.63, 3.8) is 0 Å². The van der Waals surface area contributed by atoms with Crippen LogP contribution in [0.4, 0.5) is 19.0 Å². The highest BCUT2D eigenvalue weighted by molar-refractivity contribution is 6.04. The van der Waals surface area contributed by atoms with Crippen LogP contribution in [0, 0.1) is 5.92 Å². The largest absolute Gasteiger partial charge is 0.417 e. The molecule has 9 nitrogen and oxygen atoms in total. The third-order valence-electron chi connectivity index (χ3n) is 7.19. The second-order valence-electron chi connectivity index (χ2n) is 10.7. The number of halogens is 3. The Balaban J connectivity index is 1.53. The molecule has 0 unspecified atom stereocenters. The van der Waals surface area contributed by atoms with E-state index in [2.05, 4.69) is 15.4 Å². The summed E-state index contributed by atoms with van der Waals surface area (Å²) in [4.78, 5) is 31.9. The lowest BCUT2D eigenvalue weighted by molar-refractivity contribution is -0.137. The van der Waals surface area contributed by atoms with E-state index in [-0.39, 0.29) is 53.0 Å². The van der Waals surface area contributed by atoms with Crippen LogP contribution < -0.4 is 11.1 Å². The number of nitrogen functional groups attached to an aromatic ring is 1. The zero-order chi connectivity index (χ0) is 27.6. The van der Waals surface area contributed by atoms with Gasteiger partial charge in [-0.2, -0.15) is 13.2 Å². The molecule has 1 aliphatic heterocycles. The van der Waals surface area contributed by atoms with Crippen LogP contribution in [0.15, 0.2) is 24.4 Å². The van der Waals surface area contributed by atoms with Crippen molar-refractivity contribution in [3.8, 4) is 11.3 Å². The Morgan fingerprint density at radius 1 is 1.29 bits per heavy atom. The zero-order valence-electron chi connectivity index (χ0n) is 21.3. The Morgan fingerprint density at radius 3 is 2.63 bits per heavy atom. The number of benzene rings is 1. The molecule has 2 amide bonds. The van der Waals surface area contributed by atoms with Gasteiger partial charge >= 0.3 is 6.18 Å². The molecular weight excluding hydrogens is 501 g/mol. The predicted molar refractivity (Wildman–Crippen MR) is 133 cm³/mol. The van der Waals surface area contributed by atoms with Crippen LogP contribution in [0.2, 0.25) is 0 Å². The average molecular weight is 531 g/mol. The van der Waals surface area contributed by atoms with Crippen molar-refractivity contribution in [1.29, 1.82) is 0 Å². The summed E-state index contributed by atoms with van der Waals surface area (Å²) in [6.45, 7) is 5.37. The molecule has 0 radical (unpaired) electrons. The first-order valence-corrected chi connectivity index (χ1v) is 12.5. The second kappa shape index (κ2) is 8.97. The van der Waals surface area contributed by atoms with Crippen LogP contribution >= 0.6 is 0 Å². The van der Waals surface area contributed by atoms with E-state index in [9.17, 15) is 27.9 Å². The number of anilines is 1. The molecular formula is C26H29F3N6O3. The van der Waals surface area contributed by atoms with Crippen LogP contribution in [0.3, 0.4) is 0 Å². The van der Waals surface area contributed by atoms with Gasteiger partial charge < -0.3 is 21.1 Å². The van der Waals surface area contributed by atoms with Gasteiger partial charge in [0.15, 0.2) is 11.5 Å². The molecule has 1 fully saturated rings. The fraction of sp³-hybridized carbons (Fsp3) is 0.462. The van der Waals surface area contributed by atoms with Gasteiger partial charge in [0.25, 0.3) is 11.8 Å². The van der Waals surface area contributed by atoms with Gasteiger partial charge in [-0.1, -0.05) is 0 Å². The highest BCUT2D eigenvalue weighted by Gasteiger charge is 2.44. The highest BCUT2D eigenvalue weighted by atomic mass is 19.4. The van der Waals surface area contributed by atoms with Crippen molar-refractivity contribution in [2.75, 3.05) is 12.3 Å². The molecule has 12 heteroatoms. The van der Waals surface area contributed by atoms with E-state index >= 15 is 0 Å². The van der Waals surface area contributed by atoms with Gasteiger partial charge in [-0.15, -0.1) is 5.10 Å². The Bertz CT molecular complexity index is 1440. The Kier molecular flexibility index (Phi) is 6.13. The summed E-state index contributed by atoms with van der Waals surface area (Å²) in [6, 6.07) is 3.84. The van der Waals surface area contributed by atoms with Crippen molar-refractivity contribution >= 4 is 23.3 Å². The fourth-order valence-electron chi connectivity index (χ4n) is 4.91. The molecule has 202 valence electrons. The van der Waals surface area contributed by atoms with E-state index in [1.165, 1.54) is 21.7 Å². The lowest BCUT2D eigenvalue weighted by Gasteiger charge is -2.24. The normalized spacial score (nSPS) is 16.7. The summed E-state index contributed by atoms with van der Waals surface area (Å²) in [5.74, 6) is -0.941. The van der Waals surface area contributed by atoms with Gasteiger partial charge in [-0.3, -0.25) is 9.59 Å². The molecule has 1 aliphatic carbocycles. The summed E-state index contributed by atoms with van der Waals surface area (Å²) < 4.78 is 43.7. The number of hydrogen-bond acceptors (Lipinski definition) is 6. The number of alkyl halides is 3. The minimum absolute atomic E-state index is 0.0144. The predicted octanol–water partition coefficient (Wildman–Crippen LogP) is 3.64. The molecule has 1 aromatic carbocycles. The van der Waals surface area contributed by atoms with E-state index in [1.807, 2.05) is 6.92 Å². The lowest BCUT2D eigenvalue weighted by atomic mass is 9.97. The zero-order valence-corrected chi connectivity index (χ0v) is 21.3. The molecule has 1 atom stereocenters. The standard InChI is InChI=1S/C26H29F3N6O3/c1-13(14-4-5-14)34-12-16-10-15(11-17(26(27,28)29)19(16)24(34)37)18-6-9-35-22(32-18)20(21(30)33-35)23(36)31-8-7-25(2,3)38/h6,9-11,13-14,38H,4-5,7-8,12H2,1-3H3,(H2,30,33)(H,31,36)/t13-/m0/s1. The van der Waals surface area contributed by atoms with E-state index in [0.717, 1.165) is 18.9 Å². The number of aromatic nitrogens is 3. The summed E-state index contributed by atoms with van der Waals surface area (Å²) in [5, 5.41) is 16.6. The topological polar surface area (TPSA) is 126 Å². The first-order chi connectivity index (χ1) is 17.7. The van der Waals surface area contributed by atoms with Crippen molar-refractivity contribution in [2.24, 2.45) is 5.92 Å². The molecule has 4 N–H and O–H groups in total. The number of aliphatic hydroxyl groups is 1. The molecule has 0 bridgehead atoms. The van der Waals surface area contributed by atoms with E-state index in [4.69, 9.17) is 5.73 Å². The number of carbonyl (C=O) groups excluding carboxylic acids is 2. The smallest absolute Gasteiger partial charge is 0.390 e. The molecule has 38 heavy (non-hydrogen) atoms. The quantitative estimate of drug-likeness (QED) is 0.428. The Morgan fingerprint density at radius 2 is 2.00 bits per heavy atom. The molecule has 3 aromatic rings. The number of nitrogens with zero attached hydrogens (tertiary/aromatic N) is 4. The van der Waals surface area contributed by atoms with Crippen molar-refractivity contribution in [2.45, 2.75) is 64.4 Å². The van der Waals surface area contributed by atoms with Gasteiger partial charge in [0, 0.05) is 30.9 Å². The van der Waals surface area contributed by atoms with Gasteiger partial charge in [0.2, 0.25) is 0 Å². The van der Waals surface area contributed by atoms with Crippen LogP contribution in [0.5, 0.6) is 0 Å². The average Bonchev–Trinajstić information content (AvgIpc) is 3.54. The van der Waals surface area contributed by atoms with E-state index < -0.39 is 29.2 Å². The molecule has 2 aliphatic rings. The maximum atomic E-state index is 14.1. The summed E-state index contributed by atoms with van der Waals surface area (Å²) >= 11 is 0. The molecule has 1 saturated carbocycles. The summed E-state index contributed by atoms with van der Waals surface area (Å²) in [5.41, 5.74) is 4.38. The highest BCUT2D eigenvalue weighted by Crippen LogP contribution is 2.43. The van der Waals surface area contributed by atoms with Gasteiger partial charge in [0.05, 0.1) is 22.4 Å². The minimum Gasteiger partial charge on any atom is -0.390 e. The maximum absolute atomic E-state index is 14.1. The molecule has 3 heterocycles. The molecule has 2 aromatic heterocycles. The van der Waals surface area contributed by atoms with Gasteiger partial charge in [0.1, 0.15) is 5.56 Å². The molecule has 5 rings (SSSR count). The van der Waals surface area contributed by atoms with E-state index in [1.54, 1.807) is 19.9 Å². The van der Waals surface area contributed by atoms with Crippen molar-refractivity contribution in [1.82, 2.24) is 24.8 Å². The van der Waals surface area contributed by atoms with Crippen LogP contribution in [0.1, 0.15) is 71.9 Å². The lowest BCUT2D eigenvalue weighted by Crippen LogP contribution is -2.35. The monoisotopic (exact) mass is 530 g/mol.